The van der Waals surface area contributed by atoms with Gasteiger partial charge >= 0.3 is 0 Å². The highest BCUT2D eigenvalue weighted by molar-refractivity contribution is 6.32. The zero-order valence-corrected chi connectivity index (χ0v) is 22.4. The molecule has 39 heavy (non-hydrogen) atoms. The maximum Gasteiger partial charge on any atom is 0.237 e. The molecule has 6 rings (SSSR count). The number of amides is 1. The summed E-state index contributed by atoms with van der Waals surface area (Å²) in [5.41, 5.74) is 8.13. The van der Waals surface area contributed by atoms with Gasteiger partial charge in [0, 0.05) is 24.7 Å². The van der Waals surface area contributed by atoms with Gasteiger partial charge < -0.3 is 16.0 Å². The van der Waals surface area contributed by atoms with E-state index >= 15 is 0 Å². The lowest BCUT2D eigenvalue weighted by atomic mass is 9.83. The van der Waals surface area contributed by atoms with Gasteiger partial charge in [0.25, 0.3) is 0 Å². The number of para-hydroxylation sites is 1. The third-order valence-corrected chi connectivity index (χ3v) is 8.46. The van der Waals surface area contributed by atoms with E-state index < -0.39 is 5.54 Å². The van der Waals surface area contributed by atoms with E-state index in [1.54, 1.807) is 23.0 Å². The van der Waals surface area contributed by atoms with E-state index in [2.05, 4.69) is 20.4 Å². The molecule has 10 heteroatoms. The fourth-order valence-electron chi connectivity index (χ4n) is 6.00. The smallest absolute Gasteiger partial charge is 0.237 e. The second kappa shape index (κ2) is 10.5. The first kappa shape index (κ1) is 25.7. The van der Waals surface area contributed by atoms with Crippen LogP contribution in [-0.2, 0) is 4.79 Å². The summed E-state index contributed by atoms with van der Waals surface area (Å²) in [6.07, 6.45) is 8.60. The Labute approximate surface area is 231 Å². The van der Waals surface area contributed by atoms with Crippen molar-refractivity contribution in [2.45, 2.75) is 56.5 Å². The number of nitrogens with zero attached hydrogens (tertiary/aromatic N) is 5. The van der Waals surface area contributed by atoms with Crippen molar-refractivity contribution in [3.63, 3.8) is 0 Å². The molecule has 2 aliphatic rings. The Morgan fingerprint density at radius 3 is 2.46 bits per heavy atom. The normalized spacial score (nSPS) is 17.9. The summed E-state index contributed by atoms with van der Waals surface area (Å²) in [6, 6.07) is 14.1. The number of halogens is 2. The zero-order valence-electron chi connectivity index (χ0n) is 21.6. The second-order valence-electron chi connectivity index (χ2n) is 10.6. The molecule has 0 spiro atoms. The molecule has 4 aromatic rings. The molecule has 2 aromatic carbocycles. The standard InChI is InChI=1S/C29H31ClFN7O/c30-23-8-4-5-9-24(23)38-26(19-10-12-20(31)13-11-19)22-18-33-35-27(25(22)36-38)37-16-14-29(15-17-37,28(32)39)34-21-6-2-1-3-7-21/h4-5,8-13,18,21,34H,1-3,6-7,14-17H2,(H2,32,39). The van der Waals surface area contributed by atoms with Gasteiger partial charge in [-0.15, -0.1) is 5.10 Å². The van der Waals surface area contributed by atoms with Gasteiger partial charge in [-0.25, -0.2) is 9.07 Å². The summed E-state index contributed by atoms with van der Waals surface area (Å²) >= 11 is 6.59. The number of aromatic nitrogens is 4. The first-order chi connectivity index (χ1) is 18.9. The molecule has 1 amide bonds. The summed E-state index contributed by atoms with van der Waals surface area (Å²) in [5.74, 6) is 0.0245. The van der Waals surface area contributed by atoms with E-state index in [1.807, 2.05) is 24.3 Å². The van der Waals surface area contributed by atoms with Gasteiger partial charge in [0.1, 0.15) is 16.9 Å². The van der Waals surface area contributed by atoms with Gasteiger partial charge in [-0.05, 0) is 62.1 Å². The van der Waals surface area contributed by atoms with Crippen LogP contribution >= 0.6 is 11.6 Å². The fraction of sp³-hybridized carbons (Fsp3) is 0.379. The van der Waals surface area contributed by atoms with Gasteiger partial charge in [-0.3, -0.25) is 4.79 Å². The summed E-state index contributed by atoms with van der Waals surface area (Å²) in [7, 11) is 0. The zero-order chi connectivity index (χ0) is 27.0. The topological polar surface area (TPSA) is 102 Å². The molecule has 1 aliphatic carbocycles. The van der Waals surface area contributed by atoms with Gasteiger partial charge in [-0.2, -0.15) is 10.2 Å². The van der Waals surface area contributed by atoms with Crippen LogP contribution in [0.2, 0.25) is 5.02 Å². The van der Waals surface area contributed by atoms with Crippen LogP contribution in [0.5, 0.6) is 0 Å². The maximum absolute atomic E-state index is 13.8. The highest BCUT2D eigenvalue weighted by Crippen LogP contribution is 2.37. The predicted molar refractivity (Wildman–Crippen MR) is 150 cm³/mol. The quantitative estimate of drug-likeness (QED) is 0.351. The van der Waals surface area contributed by atoms with E-state index in [0.717, 1.165) is 29.5 Å². The number of carbonyl (C=O) groups excluding carboxylic acids is 1. The SMILES string of the molecule is NC(=O)C1(NC2CCCCC2)CCN(c2nncc3c(-c4ccc(F)cc4)n(-c4ccccc4Cl)nc23)CC1. The first-order valence-electron chi connectivity index (χ1n) is 13.5. The average Bonchev–Trinajstić information content (AvgIpc) is 3.34. The van der Waals surface area contributed by atoms with Crippen molar-refractivity contribution < 1.29 is 9.18 Å². The number of piperidine rings is 1. The summed E-state index contributed by atoms with van der Waals surface area (Å²) < 4.78 is 15.6. The molecule has 2 aromatic heterocycles. The molecule has 1 saturated carbocycles. The van der Waals surface area contributed by atoms with E-state index in [9.17, 15) is 9.18 Å². The average molecular weight is 548 g/mol. The Balaban J connectivity index is 1.38. The summed E-state index contributed by atoms with van der Waals surface area (Å²) in [6.45, 7) is 1.17. The third-order valence-electron chi connectivity index (χ3n) is 8.15. The van der Waals surface area contributed by atoms with E-state index in [0.29, 0.717) is 54.0 Å². The Bertz CT molecular complexity index is 1490. The lowest BCUT2D eigenvalue weighted by Gasteiger charge is -2.43. The van der Waals surface area contributed by atoms with Crippen molar-refractivity contribution in [2.24, 2.45) is 5.73 Å². The maximum atomic E-state index is 13.8. The molecule has 3 N–H and O–H groups in total. The Hall–Kier alpha value is -3.56. The largest absolute Gasteiger partial charge is 0.368 e. The van der Waals surface area contributed by atoms with E-state index in [1.165, 1.54) is 31.4 Å². The number of hydrogen-bond acceptors (Lipinski definition) is 6. The van der Waals surface area contributed by atoms with Crippen LogP contribution in [0.3, 0.4) is 0 Å². The van der Waals surface area contributed by atoms with Crippen LogP contribution in [0.4, 0.5) is 10.2 Å². The number of nitrogens with one attached hydrogen (secondary N) is 1. The molecule has 0 unspecified atom stereocenters. The Morgan fingerprint density at radius 1 is 1.05 bits per heavy atom. The molecule has 0 bridgehead atoms. The highest BCUT2D eigenvalue weighted by atomic mass is 35.5. The second-order valence-corrected chi connectivity index (χ2v) is 11.0. The number of hydrogen-bond donors (Lipinski definition) is 2. The lowest BCUT2D eigenvalue weighted by molar-refractivity contribution is -0.125. The van der Waals surface area contributed by atoms with E-state index in [-0.39, 0.29) is 11.7 Å². The van der Waals surface area contributed by atoms with Crippen molar-refractivity contribution in [1.82, 2.24) is 25.3 Å². The Kier molecular flexibility index (Phi) is 6.95. The number of carbonyl (C=O) groups is 1. The number of benzene rings is 2. The number of anilines is 1. The molecule has 8 nitrogen and oxygen atoms in total. The Morgan fingerprint density at radius 2 is 1.77 bits per heavy atom. The van der Waals surface area contributed by atoms with Crippen molar-refractivity contribution in [2.75, 3.05) is 18.0 Å². The molecule has 202 valence electrons. The number of fused-ring (bicyclic) bond motifs is 1. The van der Waals surface area contributed by atoms with Crippen LogP contribution in [0.15, 0.2) is 54.7 Å². The molecular formula is C29H31ClFN7O. The molecule has 2 fully saturated rings. The number of primary amides is 1. The first-order valence-corrected chi connectivity index (χ1v) is 13.9. The monoisotopic (exact) mass is 547 g/mol. The summed E-state index contributed by atoms with van der Waals surface area (Å²) in [4.78, 5) is 14.8. The van der Waals surface area contributed by atoms with Crippen LogP contribution in [0, 0.1) is 5.82 Å². The molecule has 3 heterocycles. The molecule has 0 atom stereocenters. The van der Waals surface area contributed by atoms with Gasteiger partial charge in [0.2, 0.25) is 5.91 Å². The van der Waals surface area contributed by atoms with Crippen LogP contribution in [0.1, 0.15) is 44.9 Å². The van der Waals surface area contributed by atoms with Crippen molar-refractivity contribution in [3.8, 4) is 16.9 Å². The van der Waals surface area contributed by atoms with E-state index in [4.69, 9.17) is 22.4 Å². The predicted octanol–water partition coefficient (Wildman–Crippen LogP) is 5.02. The van der Waals surface area contributed by atoms with Gasteiger partial charge in [-0.1, -0.05) is 43.0 Å². The van der Waals surface area contributed by atoms with Crippen LogP contribution in [0.25, 0.3) is 27.8 Å². The minimum Gasteiger partial charge on any atom is -0.368 e. The van der Waals surface area contributed by atoms with Crippen molar-refractivity contribution >= 4 is 34.2 Å². The van der Waals surface area contributed by atoms with Crippen molar-refractivity contribution in [1.29, 1.82) is 0 Å². The number of rotatable bonds is 6. The minimum absolute atomic E-state index is 0.293. The highest BCUT2D eigenvalue weighted by Gasteiger charge is 2.42. The minimum atomic E-state index is -0.726. The number of nitrogens with two attached hydrogens (primary N) is 1. The summed E-state index contributed by atoms with van der Waals surface area (Å²) in [5, 5.41) is 18.7. The third kappa shape index (κ3) is 4.85. The van der Waals surface area contributed by atoms with Crippen molar-refractivity contribution in [3.05, 3.63) is 65.6 Å². The fourth-order valence-corrected chi connectivity index (χ4v) is 6.22. The molecule has 1 aliphatic heterocycles. The molecule has 1 saturated heterocycles. The molecular weight excluding hydrogens is 517 g/mol. The van der Waals surface area contributed by atoms with Gasteiger partial charge in [0.15, 0.2) is 5.82 Å². The van der Waals surface area contributed by atoms with Crippen LogP contribution in [-0.4, -0.2) is 50.6 Å². The molecule has 0 radical (unpaired) electrons. The van der Waals surface area contributed by atoms with Gasteiger partial charge in [0.05, 0.1) is 28.0 Å². The lowest BCUT2D eigenvalue weighted by Crippen LogP contribution is -2.63. The van der Waals surface area contributed by atoms with Crippen LogP contribution < -0.4 is 16.0 Å².